The lowest BCUT2D eigenvalue weighted by molar-refractivity contribution is -0.0129. The first-order valence-corrected chi connectivity index (χ1v) is 9.14. The third kappa shape index (κ3) is 3.62. The van der Waals surface area contributed by atoms with Gasteiger partial charge in [0, 0.05) is 42.7 Å². The van der Waals surface area contributed by atoms with Gasteiger partial charge in [0.15, 0.2) is 5.78 Å². The van der Waals surface area contributed by atoms with Gasteiger partial charge in [-0.3, -0.25) is 14.5 Å². The standard InChI is InChI=1S/C16H23N3O3S/c1-12(20)13-8-14(17-9-13)15(21)18-10-16(2-7-23-11-16)19-3-5-22-6-4-19/h8-9,17H,2-7,10-11H2,1H3,(H,18,21). The van der Waals surface area contributed by atoms with Crippen molar-refractivity contribution in [2.45, 2.75) is 18.9 Å². The molecule has 1 unspecified atom stereocenters. The molecule has 1 amide bonds. The number of amides is 1. The van der Waals surface area contributed by atoms with Gasteiger partial charge >= 0.3 is 0 Å². The fourth-order valence-electron chi connectivity index (χ4n) is 3.20. The summed E-state index contributed by atoms with van der Waals surface area (Å²) < 4.78 is 5.45. The van der Waals surface area contributed by atoms with Gasteiger partial charge in [0.05, 0.1) is 13.2 Å². The Hall–Kier alpha value is -1.31. The number of morpholine rings is 1. The molecular formula is C16H23N3O3S. The highest BCUT2D eigenvalue weighted by Crippen LogP contribution is 2.33. The maximum absolute atomic E-state index is 12.4. The number of ether oxygens (including phenoxy) is 1. The minimum absolute atomic E-state index is 0.0279. The normalized spacial score (nSPS) is 25.4. The fourth-order valence-corrected chi connectivity index (χ4v) is 4.68. The molecule has 2 aliphatic rings. The van der Waals surface area contributed by atoms with Gasteiger partial charge in [-0.05, 0) is 25.2 Å². The van der Waals surface area contributed by atoms with Gasteiger partial charge in [0.1, 0.15) is 5.69 Å². The molecule has 0 radical (unpaired) electrons. The summed E-state index contributed by atoms with van der Waals surface area (Å²) in [5.41, 5.74) is 1.01. The number of aromatic amines is 1. The number of hydrogen-bond donors (Lipinski definition) is 2. The van der Waals surface area contributed by atoms with Crippen molar-refractivity contribution in [3.8, 4) is 0 Å². The van der Waals surface area contributed by atoms with Crippen LogP contribution in [0.4, 0.5) is 0 Å². The quantitative estimate of drug-likeness (QED) is 0.789. The summed E-state index contributed by atoms with van der Waals surface area (Å²) >= 11 is 1.94. The predicted octanol–water partition coefficient (Wildman–Crippen LogP) is 1.15. The van der Waals surface area contributed by atoms with Crippen LogP contribution in [0.2, 0.25) is 0 Å². The first kappa shape index (κ1) is 16.5. The number of aromatic nitrogens is 1. The van der Waals surface area contributed by atoms with Crippen LogP contribution in [0.25, 0.3) is 0 Å². The first-order chi connectivity index (χ1) is 11.1. The maximum atomic E-state index is 12.4. The molecule has 7 heteroatoms. The van der Waals surface area contributed by atoms with Crippen LogP contribution in [0.1, 0.15) is 34.2 Å². The lowest BCUT2D eigenvalue weighted by Gasteiger charge is -2.43. The third-order valence-corrected chi connectivity index (χ3v) is 5.91. The highest BCUT2D eigenvalue weighted by atomic mass is 32.2. The molecular weight excluding hydrogens is 314 g/mol. The van der Waals surface area contributed by atoms with E-state index in [-0.39, 0.29) is 17.2 Å². The number of hydrogen-bond acceptors (Lipinski definition) is 5. The minimum Gasteiger partial charge on any atom is -0.379 e. The van der Waals surface area contributed by atoms with E-state index in [1.54, 1.807) is 12.3 Å². The highest BCUT2D eigenvalue weighted by molar-refractivity contribution is 7.99. The Balaban J connectivity index is 1.64. The van der Waals surface area contributed by atoms with Crippen LogP contribution in [-0.2, 0) is 4.74 Å². The van der Waals surface area contributed by atoms with Gasteiger partial charge < -0.3 is 15.0 Å². The number of Topliss-reactive ketones (excluding diaryl/α,β-unsaturated/α-hetero) is 1. The number of carbonyl (C=O) groups is 2. The fraction of sp³-hybridized carbons (Fsp3) is 0.625. The molecule has 0 aromatic carbocycles. The Morgan fingerprint density at radius 1 is 1.43 bits per heavy atom. The van der Waals surface area contributed by atoms with Gasteiger partial charge in [-0.2, -0.15) is 11.8 Å². The van der Waals surface area contributed by atoms with Crippen LogP contribution in [0.15, 0.2) is 12.3 Å². The van der Waals surface area contributed by atoms with Crippen LogP contribution in [0, 0.1) is 0 Å². The van der Waals surface area contributed by atoms with E-state index < -0.39 is 0 Å². The number of nitrogens with one attached hydrogen (secondary N) is 2. The van der Waals surface area contributed by atoms with Gasteiger partial charge in [-0.1, -0.05) is 0 Å². The average Bonchev–Trinajstić information content (AvgIpc) is 3.24. The molecule has 2 aliphatic heterocycles. The van der Waals surface area contributed by atoms with Crippen molar-refractivity contribution in [3.05, 3.63) is 23.5 Å². The zero-order valence-electron chi connectivity index (χ0n) is 13.4. The zero-order valence-corrected chi connectivity index (χ0v) is 14.2. The van der Waals surface area contributed by atoms with Crippen molar-refractivity contribution in [3.63, 3.8) is 0 Å². The summed E-state index contributed by atoms with van der Waals surface area (Å²) in [6.07, 6.45) is 2.67. The molecule has 1 atom stereocenters. The van der Waals surface area contributed by atoms with Crippen LogP contribution < -0.4 is 5.32 Å². The van der Waals surface area contributed by atoms with Crippen molar-refractivity contribution >= 4 is 23.5 Å². The molecule has 0 aliphatic carbocycles. The predicted molar refractivity (Wildman–Crippen MR) is 90.2 cm³/mol. The first-order valence-electron chi connectivity index (χ1n) is 7.99. The molecule has 1 aromatic rings. The number of rotatable bonds is 5. The van der Waals surface area contributed by atoms with Gasteiger partial charge in [0.2, 0.25) is 0 Å². The number of H-pyrrole nitrogens is 1. The molecule has 2 fully saturated rings. The van der Waals surface area contributed by atoms with E-state index in [0.717, 1.165) is 44.2 Å². The van der Waals surface area contributed by atoms with Crippen LogP contribution in [-0.4, -0.2) is 71.5 Å². The Morgan fingerprint density at radius 3 is 2.83 bits per heavy atom. The molecule has 2 saturated heterocycles. The molecule has 126 valence electrons. The number of nitrogens with zero attached hydrogens (tertiary/aromatic N) is 1. The van der Waals surface area contributed by atoms with Crippen molar-refractivity contribution < 1.29 is 14.3 Å². The minimum atomic E-state index is -0.151. The molecule has 3 rings (SSSR count). The van der Waals surface area contributed by atoms with Crippen molar-refractivity contribution in [2.24, 2.45) is 0 Å². The van der Waals surface area contributed by atoms with Crippen LogP contribution in [0.3, 0.4) is 0 Å². The van der Waals surface area contributed by atoms with Gasteiger partial charge in [0.25, 0.3) is 5.91 Å². The third-order valence-electron chi connectivity index (χ3n) is 4.68. The number of carbonyl (C=O) groups excluding carboxylic acids is 2. The molecule has 2 N–H and O–H groups in total. The van der Waals surface area contributed by atoms with Crippen molar-refractivity contribution in [1.29, 1.82) is 0 Å². The molecule has 0 bridgehead atoms. The smallest absolute Gasteiger partial charge is 0.267 e. The topological polar surface area (TPSA) is 74.4 Å². The lowest BCUT2D eigenvalue weighted by Crippen LogP contribution is -2.59. The summed E-state index contributed by atoms with van der Waals surface area (Å²) in [5, 5.41) is 3.05. The summed E-state index contributed by atoms with van der Waals surface area (Å²) in [5.74, 6) is 1.97. The summed E-state index contributed by atoms with van der Waals surface area (Å²) in [6.45, 7) is 5.50. The van der Waals surface area contributed by atoms with E-state index in [4.69, 9.17) is 4.74 Å². The Labute approximate surface area is 140 Å². The molecule has 3 heterocycles. The van der Waals surface area contributed by atoms with Gasteiger partial charge in [-0.25, -0.2) is 0 Å². The summed E-state index contributed by atoms with van der Waals surface area (Å²) in [4.78, 5) is 29.0. The Kier molecular flexibility index (Phi) is 5.08. The Morgan fingerprint density at radius 2 is 2.22 bits per heavy atom. The monoisotopic (exact) mass is 337 g/mol. The van der Waals surface area contributed by atoms with Gasteiger partial charge in [-0.15, -0.1) is 0 Å². The molecule has 23 heavy (non-hydrogen) atoms. The second-order valence-electron chi connectivity index (χ2n) is 6.17. The SMILES string of the molecule is CC(=O)c1c[nH]c(C(=O)NCC2(N3CCOCC3)CCSC2)c1. The Bertz CT molecular complexity index is 575. The van der Waals surface area contributed by atoms with Crippen LogP contribution >= 0.6 is 11.8 Å². The van der Waals surface area contributed by atoms with E-state index >= 15 is 0 Å². The molecule has 6 nitrogen and oxygen atoms in total. The zero-order chi connectivity index (χ0) is 16.3. The summed E-state index contributed by atoms with van der Waals surface area (Å²) in [6, 6.07) is 1.61. The molecule has 1 aromatic heterocycles. The highest BCUT2D eigenvalue weighted by Gasteiger charge is 2.40. The van der Waals surface area contributed by atoms with Crippen molar-refractivity contribution in [2.75, 3.05) is 44.4 Å². The van der Waals surface area contributed by atoms with Crippen molar-refractivity contribution in [1.82, 2.24) is 15.2 Å². The van der Waals surface area contributed by atoms with E-state index in [0.29, 0.717) is 17.8 Å². The number of ketones is 1. The average molecular weight is 337 g/mol. The second-order valence-corrected chi connectivity index (χ2v) is 7.27. The van der Waals surface area contributed by atoms with E-state index in [9.17, 15) is 9.59 Å². The second kappa shape index (κ2) is 7.07. The van der Waals surface area contributed by atoms with E-state index in [2.05, 4.69) is 15.2 Å². The summed E-state index contributed by atoms with van der Waals surface area (Å²) in [7, 11) is 0. The molecule has 0 spiro atoms. The molecule has 0 saturated carbocycles. The van der Waals surface area contributed by atoms with E-state index in [1.807, 2.05) is 11.8 Å². The van der Waals surface area contributed by atoms with E-state index in [1.165, 1.54) is 6.92 Å². The maximum Gasteiger partial charge on any atom is 0.267 e. The lowest BCUT2D eigenvalue weighted by atomic mass is 9.95. The van der Waals surface area contributed by atoms with Crippen LogP contribution in [0.5, 0.6) is 0 Å². The largest absolute Gasteiger partial charge is 0.379 e. The number of thioether (sulfide) groups is 1.